The fourth-order valence-corrected chi connectivity index (χ4v) is 3.19. The summed E-state index contributed by atoms with van der Waals surface area (Å²) >= 11 is 0. The van der Waals surface area contributed by atoms with E-state index in [9.17, 15) is 14.4 Å². The first-order valence-electron chi connectivity index (χ1n) is 9.68. The predicted molar refractivity (Wildman–Crippen MR) is 109 cm³/mol. The summed E-state index contributed by atoms with van der Waals surface area (Å²) < 4.78 is 9.81. The zero-order valence-electron chi connectivity index (χ0n) is 17.0. The SMILES string of the molecule is CCCCn1c(=O)[nH]c(=O)c2c1nc(COC(=O)c1ccc(-n3cnnn3)cc1)n2C. The number of nitrogens with one attached hydrogen (secondary N) is 1. The molecule has 0 bridgehead atoms. The van der Waals surface area contributed by atoms with Gasteiger partial charge in [-0.3, -0.25) is 14.3 Å². The average molecular weight is 424 g/mol. The maximum Gasteiger partial charge on any atom is 0.338 e. The largest absolute Gasteiger partial charge is 0.454 e. The van der Waals surface area contributed by atoms with Crippen molar-refractivity contribution in [2.75, 3.05) is 0 Å². The van der Waals surface area contributed by atoms with Crippen LogP contribution in [0.2, 0.25) is 0 Å². The van der Waals surface area contributed by atoms with Gasteiger partial charge in [0.2, 0.25) is 0 Å². The number of esters is 1. The Hall–Kier alpha value is -4.09. The second kappa shape index (κ2) is 8.34. The van der Waals surface area contributed by atoms with E-state index in [0.717, 1.165) is 12.8 Å². The molecule has 0 aliphatic rings. The van der Waals surface area contributed by atoms with Gasteiger partial charge in [0.05, 0.1) is 11.3 Å². The molecule has 3 aromatic heterocycles. The Balaban J connectivity index is 1.55. The van der Waals surface area contributed by atoms with Crippen LogP contribution in [0.1, 0.15) is 35.9 Å². The number of aryl methyl sites for hydroxylation is 2. The van der Waals surface area contributed by atoms with Crippen LogP contribution in [-0.4, -0.2) is 45.3 Å². The van der Waals surface area contributed by atoms with Gasteiger partial charge in [-0.05, 0) is 41.1 Å². The van der Waals surface area contributed by atoms with Crippen LogP contribution in [0.3, 0.4) is 0 Å². The van der Waals surface area contributed by atoms with Gasteiger partial charge in [-0.2, -0.15) is 0 Å². The molecule has 0 fully saturated rings. The molecule has 1 N–H and O–H groups in total. The van der Waals surface area contributed by atoms with Crippen LogP contribution in [0.25, 0.3) is 16.9 Å². The molecule has 0 spiro atoms. The monoisotopic (exact) mass is 424 g/mol. The van der Waals surface area contributed by atoms with Gasteiger partial charge >= 0.3 is 11.7 Å². The minimum atomic E-state index is -0.549. The lowest BCUT2D eigenvalue weighted by atomic mass is 10.2. The third-order valence-corrected chi connectivity index (χ3v) is 4.89. The molecule has 0 atom stereocenters. The second-order valence-corrected chi connectivity index (χ2v) is 6.90. The van der Waals surface area contributed by atoms with Crippen LogP contribution in [0, 0.1) is 0 Å². The summed E-state index contributed by atoms with van der Waals surface area (Å²) in [5.74, 6) is -0.192. The molecule has 4 rings (SSSR count). The summed E-state index contributed by atoms with van der Waals surface area (Å²) in [6.45, 7) is 2.29. The predicted octanol–water partition coefficient (Wildman–Crippen LogP) is 0.556. The number of fused-ring (bicyclic) bond motifs is 1. The van der Waals surface area contributed by atoms with Crippen LogP contribution in [0.4, 0.5) is 0 Å². The van der Waals surface area contributed by atoms with E-state index in [2.05, 4.69) is 25.5 Å². The lowest BCUT2D eigenvalue weighted by molar-refractivity contribution is 0.0459. The minimum Gasteiger partial charge on any atom is -0.454 e. The Morgan fingerprint density at radius 1 is 1.19 bits per heavy atom. The molecule has 31 heavy (non-hydrogen) atoms. The van der Waals surface area contributed by atoms with Crippen LogP contribution < -0.4 is 11.2 Å². The summed E-state index contributed by atoms with van der Waals surface area (Å²) in [6.07, 6.45) is 3.10. The zero-order chi connectivity index (χ0) is 22.0. The van der Waals surface area contributed by atoms with Crippen molar-refractivity contribution in [1.82, 2.24) is 39.3 Å². The summed E-state index contributed by atoms with van der Waals surface area (Å²) in [4.78, 5) is 43.7. The number of rotatable bonds is 7. The quantitative estimate of drug-likeness (QED) is 0.424. The molecule has 0 amide bonds. The Morgan fingerprint density at radius 3 is 2.65 bits per heavy atom. The number of benzene rings is 1. The number of hydrogen-bond donors (Lipinski definition) is 1. The van der Waals surface area contributed by atoms with Crippen molar-refractivity contribution in [2.24, 2.45) is 7.05 Å². The first kappa shape index (κ1) is 20.2. The van der Waals surface area contributed by atoms with Crippen LogP contribution >= 0.6 is 0 Å². The Kier molecular flexibility index (Phi) is 5.43. The summed E-state index contributed by atoms with van der Waals surface area (Å²) in [6, 6.07) is 6.57. The summed E-state index contributed by atoms with van der Waals surface area (Å²) in [5.41, 5.74) is 0.539. The van der Waals surface area contributed by atoms with Crippen LogP contribution in [0.15, 0.2) is 40.2 Å². The number of imidazole rings is 1. The number of tetrazole rings is 1. The molecule has 0 radical (unpaired) electrons. The minimum absolute atomic E-state index is 0.153. The standard InChI is InChI=1S/C19H20N8O4/c1-3-4-9-26-16-15(17(28)22-19(26)30)25(2)14(21-16)10-31-18(29)12-5-7-13(8-6-12)27-11-20-23-24-27/h5-8,11H,3-4,9-10H2,1-2H3,(H,22,28,30). The number of nitrogens with zero attached hydrogens (tertiary/aromatic N) is 7. The van der Waals surface area contributed by atoms with Gasteiger partial charge < -0.3 is 9.30 Å². The number of carbonyl (C=O) groups is 1. The van der Waals surface area contributed by atoms with Gasteiger partial charge in [0, 0.05) is 13.6 Å². The van der Waals surface area contributed by atoms with Gasteiger partial charge in [-0.25, -0.2) is 19.3 Å². The van der Waals surface area contributed by atoms with Gasteiger partial charge in [0.1, 0.15) is 18.8 Å². The summed E-state index contributed by atoms with van der Waals surface area (Å²) in [7, 11) is 1.64. The first-order valence-corrected chi connectivity index (χ1v) is 9.68. The molecule has 12 heteroatoms. The molecule has 3 heterocycles. The molecule has 12 nitrogen and oxygen atoms in total. The van der Waals surface area contributed by atoms with E-state index in [1.54, 1.807) is 31.3 Å². The molecule has 0 aliphatic carbocycles. The van der Waals surface area contributed by atoms with E-state index in [0.29, 0.717) is 23.6 Å². The van der Waals surface area contributed by atoms with Crippen molar-refractivity contribution < 1.29 is 9.53 Å². The highest BCUT2D eigenvalue weighted by Gasteiger charge is 2.18. The Bertz CT molecular complexity index is 1330. The van der Waals surface area contributed by atoms with Crippen molar-refractivity contribution in [3.05, 3.63) is 62.8 Å². The normalized spacial score (nSPS) is 11.2. The molecule has 0 aliphatic heterocycles. The van der Waals surface area contributed by atoms with Crippen LogP contribution in [-0.2, 0) is 24.9 Å². The average Bonchev–Trinajstić information content (AvgIpc) is 3.41. The molecule has 0 saturated heterocycles. The highest BCUT2D eigenvalue weighted by atomic mass is 16.5. The fourth-order valence-electron chi connectivity index (χ4n) is 3.19. The molecular formula is C19H20N8O4. The number of H-pyrrole nitrogens is 1. The molecule has 0 saturated carbocycles. The Morgan fingerprint density at radius 2 is 1.97 bits per heavy atom. The first-order chi connectivity index (χ1) is 15.0. The van der Waals surface area contributed by atoms with Crippen molar-refractivity contribution >= 4 is 17.1 Å². The van der Waals surface area contributed by atoms with Crippen molar-refractivity contribution in [3.8, 4) is 5.69 Å². The smallest absolute Gasteiger partial charge is 0.338 e. The van der Waals surface area contributed by atoms with Gasteiger partial charge in [-0.15, -0.1) is 5.10 Å². The van der Waals surface area contributed by atoms with E-state index in [1.807, 2.05) is 6.92 Å². The van der Waals surface area contributed by atoms with E-state index in [1.165, 1.54) is 20.1 Å². The zero-order valence-corrected chi connectivity index (χ0v) is 17.0. The van der Waals surface area contributed by atoms with E-state index >= 15 is 0 Å². The highest BCUT2D eigenvalue weighted by Crippen LogP contribution is 2.13. The third-order valence-electron chi connectivity index (χ3n) is 4.89. The number of unbranched alkanes of at least 4 members (excludes halogenated alkanes) is 1. The lowest BCUT2D eigenvalue weighted by Crippen LogP contribution is -2.31. The molecule has 1 aromatic carbocycles. The lowest BCUT2D eigenvalue weighted by Gasteiger charge is -2.06. The van der Waals surface area contributed by atoms with Gasteiger partial charge in [0.25, 0.3) is 5.56 Å². The number of carbonyl (C=O) groups excluding carboxylic acids is 1. The van der Waals surface area contributed by atoms with E-state index in [4.69, 9.17) is 4.74 Å². The highest BCUT2D eigenvalue weighted by molar-refractivity contribution is 5.89. The molecular weight excluding hydrogens is 404 g/mol. The van der Waals surface area contributed by atoms with Gasteiger partial charge in [0.15, 0.2) is 11.2 Å². The fraction of sp³-hybridized carbons (Fsp3) is 0.316. The molecule has 4 aromatic rings. The third kappa shape index (κ3) is 3.86. The number of aromatic nitrogens is 8. The van der Waals surface area contributed by atoms with Crippen molar-refractivity contribution in [1.29, 1.82) is 0 Å². The Labute approximate surface area is 175 Å². The number of hydrogen-bond acceptors (Lipinski definition) is 8. The van der Waals surface area contributed by atoms with E-state index in [-0.39, 0.29) is 17.8 Å². The summed E-state index contributed by atoms with van der Waals surface area (Å²) in [5, 5.41) is 10.9. The van der Waals surface area contributed by atoms with Crippen LogP contribution in [0.5, 0.6) is 0 Å². The number of aromatic amines is 1. The van der Waals surface area contributed by atoms with Crippen molar-refractivity contribution in [3.63, 3.8) is 0 Å². The molecule has 0 unspecified atom stereocenters. The molecule has 160 valence electrons. The van der Waals surface area contributed by atoms with E-state index < -0.39 is 17.2 Å². The second-order valence-electron chi connectivity index (χ2n) is 6.90. The topological polar surface area (TPSA) is 143 Å². The maximum atomic E-state index is 12.4. The maximum absolute atomic E-state index is 12.4. The van der Waals surface area contributed by atoms with Gasteiger partial charge in [-0.1, -0.05) is 13.3 Å². The van der Waals surface area contributed by atoms with Crippen molar-refractivity contribution in [2.45, 2.75) is 32.9 Å². The number of ether oxygens (including phenoxy) is 1.